The second-order valence-electron chi connectivity index (χ2n) is 5.45. The summed E-state index contributed by atoms with van der Waals surface area (Å²) in [5.74, 6) is 1.50. The molecule has 0 amide bonds. The highest BCUT2D eigenvalue weighted by molar-refractivity contribution is 4.88. The molecule has 3 atom stereocenters. The predicted molar refractivity (Wildman–Crippen MR) is 66.4 cm³/mol. The van der Waals surface area contributed by atoms with Gasteiger partial charge in [0.15, 0.2) is 0 Å². The lowest BCUT2D eigenvalue weighted by Gasteiger charge is -2.37. The average molecular weight is 226 g/mol. The van der Waals surface area contributed by atoms with Gasteiger partial charge in [0, 0.05) is 19.7 Å². The molecular weight excluding hydrogens is 200 g/mol. The van der Waals surface area contributed by atoms with Gasteiger partial charge in [0.25, 0.3) is 0 Å². The maximum absolute atomic E-state index is 5.90. The molecule has 1 heterocycles. The topological polar surface area (TPSA) is 38.5 Å². The van der Waals surface area contributed by atoms with Crippen LogP contribution < -0.4 is 5.73 Å². The first kappa shape index (κ1) is 12.3. The lowest BCUT2D eigenvalue weighted by molar-refractivity contribution is 0.112. The van der Waals surface area contributed by atoms with Crippen molar-refractivity contribution in [2.45, 2.75) is 38.1 Å². The van der Waals surface area contributed by atoms with E-state index in [1.54, 1.807) is 0 Å². The van der Waals surface area contributed by atoms with Crippen LogP contribution in [0, 0.1) is 11.8 Å². The van der Waals surface area contributed by atoms with Crippen LogP contribution in [0.25, 0.3) is 0 Å². The van der Waals surface area contributed by atoms with Crippen LogP contribution in [0.15, 0.2) is 0 Å². The highest BCUT2D eigenvalue weighted by Gasteiger charge is 2.33. The first-order valence-electron chi connectivity index (χ1n) is 6.78. The Morgan fingerprint density at radius 2 is 2.06 bits per heavy atom. The first-order chi connectivity index (χ1) is 7.85. The van der Waals surface area contributed by atoms with Crippen LogP contribution in [-0.4, -0.2) is 44.3 Å². The number of rotatable bonds is 4. The molecule has 3 unspecified atom stereocenters. The average Bonchev–Trinajstić information content (AvgIpc) is 2.78. The third-order valence-electron chi connectivity index (χ3n) is 4.36. The van der Waals surface area contributed by atoms with Gasteiger partial charge in [0.05, 0.1) is 6.61 Å². The van der Waals surface area contributed by atoms with E-state index in [1.807, 2.05) is 7.11 Å². The van der Waals surface area contributed by atoms with Crippen LogP contribution in [0.5, 0.6) is 0 Å². The summed E-state index contributed by atoms with van der Waals surface area (Å²) in [6.45, 7) is 4.29. The van der Waals surface area contributed by atoms with Gasteiger partial charge < -0.3 is 10.5 Å². The first-order valence-corrected chi connectivity index (χ1v) is 6.78. The van der Waals surface area contributed by atoms with Gasteiger partial charge in [-0.1, -0.05) is 12.8 Å². The highest BCUT2D eigenvalue weighted by Crippen LogP contribution is 2.31. The van der Waals surface area contributed by atoms with E-state index in [-0.39, 0.29) is 0 Å². The van der Waals surface area contributed by atoms with E-state index in [2.05, 4.69) is 4.90 Å². The van der Waals surface area contributed by atoms with Crippen LogP contribution in [0.2, 0.25) is 0 Å². The van der Waals surface area contributed by atoms with Crippen LogP contribution >= 0.6 is 0 Å². The van der Waals surface area contributed by atoms with Crippen molar-refractivity contribution in [3.8, 4) is 0 Å². The van der Waals surface area contributed by atoms with Gasteiger partial charge in [-0.05, 0) is 44.2 Å². The zero-order chi connectivity index (χ0) is 11.4. The number of nitrogens with two attached hydrogens (primary N) is 1. The van der Waals surface area contributed by atoms with E-state index >= 15 is 0 Å². The molecule has 2 N–H and O–H groups in total. The summed E-state index contributed by atoms with van der Waals surface area (Å²) in [6, 6.07) is 0.764. The zero-order valence-electron chi connectivity index (χ0n) is 10.5. The molecule has 16 heavy (non-hydrogen) atoms. The molecule has 0 radical (unpaired) electrons. The summed E-state index contributed by atoms with van der Waals surface area (Å²) < 4.78 is 5.26. The Morgan fingerprint density at radius 3 is 2.81 bits per heavy atom. The lowest BCUT2D eigenvalue weighted by atomic mass is 9.83. The Labute approximate surface area is 99.3 Å². The molecule has 0 aromatic carbocycles. The van der Waals surface area contributed by atoms with Crippen molar-refractivity contribution in [3.05, 3.63) is 0 Å². The molecule has 2 rings (SSSR count). The molecular formula is C13H26N2O. The lowest BCUT2D eigenvalue weighted by Crippen LogP contribution is -2.44. The van der Waals surface area contributed by atoms with E-state index in [1.165, 1.54) is 45.2 Å². The van der Waals surface area contributed by atoms with Crippen LogP contribution in [0.3, 0.4) is 0 Å². The molecule has 0 aromatic rings. The van der Waals surface area contributed by atoms with Crippen molar-refractivity contribution >= 4 is 0 Å². The van der Waals surface area contributed by atoms with Gasteiger partial charge in [0.2, 0.25) is 0 Å². The molecule has 0 aromatic heterocycles. The molecule has 0 bridgehead atoms. The van der Waals surface area contributed by atoms with Crippen LogP contribution in [-0.2, 0) is 4.74 Å². The molecule has 1 aliphatic heterocycles. The number of hydrogen-bond donors (Lipinski definition) is 1. The zero-order valence-corrected chi connectivity index (χ0v) is 10.5. The normalized spacial score (nSPS) is 36.8. The maximum atomic E-state index is 5.90. The second kappa shape index (κ2) is 5.99. The SMILES string of the molecule is COCC1CCN(C2CCCCC2CN)C1. The monoisotopic (exact) mass is 226 g/mol. The smallest absolute Gasteiger partial charge is 0.0503 e. The number of nitrogens with zero attached hydrogens (tertiary/aromatic N) is 1. The second-order valence-corrected chi connectivity index (χ2v) is 5.45. The summed E-state index contributed by atoms with van der Waals surface area (Å²) in [5.41, 5.74) is 5.90. The fraction of sp³-hybridized carbons (Fsp3) is 1.00. The Morgan fingerprint density at radius 1 is 1.25 bits per heavy atom. The predicted octanol–water partition coefficient (Wildman–Crippen LogP) is 1.47. The third-order valence-corrected chi connectivity index (χ3v) is 4.36. The summed E-state index contributed by atoms with van der Waals surface area (Å²) >= 11 is 0. The summed E-state index contributed by atoms with van der Waals surface area (Å²) in [4.78, 5) is 2.68. The number of methoxy groups -OCH3 is 1. The molecule has 3 heteroatoms. The van der Waals surface area contributed by atoms with Crippen molar-refractivity contribution in [2.75, 3.05) is 33.4 Å². The molecule has 1 saturated carbocycles. The largest absolute Gasteiger partial charge is 0.384 e. The quantitative estimate of drug-likeness (QED) is 0.789. The van der Waals surface area contributed by atoms with Crippen LogP contribution in [0.4, 0.5) is 0 Å². The van der Waals surface area contributed by atoms with Gasteiger partial charge in [-0.15, -0.1) is 0 Å². The van der Waals surface area contributed by atoms with Crippen molar-refractivity contribution in [1.29, 1.82) is 0 Å². The van der Waals surface area contributed by atoms with Crippen molar-refractivity contribution in [3.63, 3.8) is 0 Å². The summed E-state index contributed by atoms with van der Waals surface area (Å²) in [5, 5.41) is 0. The molecule has 2 aliphatic rings. The Bertz CT molecular complexity index is 210. The van der Waals surface area contributed by atoms with Crippen LogP contribution in [0.1, 0.15) is 32.1 Å². The van der Waals surface area contributed by atoms with E-state index in [0.29, 0.717) is 0 Å². The van der Waals surface area contributed by atoms with E-state index in [0.717, 1.165) is 31.0 Å². The minimum atomic E-state index is 0.745. The molecule has 0 spiro atoms. The molecule has 2 fully saturated rings. The Balaban J connectivity index is 1.86. The minimum Gasteiger partial charge on any atom is -0.384 e. The van der Waals surface area contributed by atoms with Gasteiger partial charge in [-0.3, -0.25) is 4.90 Å². The summed E-state index contributed by atoms with van der Waals surface area (Å²) in [6.07, 6.45) is 6.79. The summed E-state index contributed by atoms with van der Waals surface area (Å²) in [7, 11) is 1.81. The van der Waals surface area contributed by atoms with Gasteiger partial charge in [-0.2, -0.15) is 0 Å². The van der Waals surface area contributed by atoms with Gasteiger partial charge in [0.1, 0.15) is 0 Å². The number of hydrogen-bond acceptors (Lipinski definition) is 3. The molecule has 3 nitrogen and oxygen atoms in total. The number of ether oxygens (including phenoxy) is 1. The minimum absolute atomic E-state index is 0.745. The molecule has 94 valence electrons. The fourth-order valence-corrected chi connectivity index (χ4v) is 3.48. The fourth-order valence-electron chi connectivity index (χ4n) is 3.48. The Hall–Kier alpha value is -0.120. The van der Waals surface area contributed by atoms with E-state index in [9.17, 15) is 0 Å². The maximum Gasteiger partial charge on any atom is 0.0503 e. The van der Waals surface area contributed by atoms with E-state index in [4.69, 9.17) is 10.5 Å². The standard InChI is InChI=1S/C13H26N2O/c1-16-10-11-6-7-15(9-11)13-5-3-2-4-12(13)8-14/h11-13H,2-10,14H2,1H3. The third kappa shape index (κ3) is 2.76. The van der Waals surface area contributed by atoms with Crippen molar-refractivity contribution < 1.29 is 4.74 Å². The van der Waals surface area contributed by atoms with Gasteiger partial charge in [-0.25, -0.2) is 0 Å². The highest BCUT2D eigenvalue weighted by atomic mass is 16.5. The van der Waals surface area contributed by atoms with Crippen molar-refractivity contribution in [1.82, 2.24) is 4.90 Å². The van der Waals surface area contributed by atoms with Gasteiger partial charge >= 0.3 is 0 Å². The van der Waals surface area contributed by atoms with Crippen molar-refractivity contribution in [2.24, 2.45) is 17.6 Å². The Kier molecular flexibility index (Phi) is 4.62. The molecule has 1 saturated heterocycles. The van der Waals surface area contributed by atoms with E-state index < -0.39 is 0 Å². The number of likely N-dealkylation sites (tertiary alicyclic amines) is 1. The molecule has 1 aliphatic carbocycles.